The van der Waals surface area contributed by atoms with Crippen LogP contribution in [0.1, 0.15) is 63.9 Å². The van der Waals surface area contributed by atoms with Crippen molar-refractivity contribution >= 4 is 52.5 Å². The number of amidine groups is 1. The van der Waals surface area contributed by atoms with Crippen molar-refractivity contribution in [2.75, 3.05) is 17.6 Å². The summed E-state index contributed by atoms with van der Waals surface area (Å²) in [6, 6.07) is 6.41. The molecule has 0 bridgehead atoms. The Kier molecular flexibility index (Phi) is 10.1. The van der Waals surface area contributed by atoms with Gasteiger partial charge in [0.05, 0.1) is 16.8 Å². The number of amides is 1. The van der Waals surface area contributed by atoms with Crippen LogP contribution in [0, 0.1) is 6.92 Å². The Hall–Kier alpha value is -0.910. The van der Waals surface area contributed by atoms with E-state index in [4.69, 9.17) is 16.6 Å². The normalized spacial score (nSPS) is 21.3. The highest BCUT2D eigenvalue weighted by Crippen LogP contribution is 2.30. The molecule has 1 unspecified atom stereocenters. The number of rotatable bonds is 7. The number of thioether (sulfide) groups is 1. The van der Waals surface area contributed by atoms with Crippen LogP contribution < -0.4 is 5.32 Å². The number of benzene rings is 1. The lowest BCUT2D eigenvalue weighted by Crippen LogP contribution is -2.38. The molecule has 1 aliphatic carbocycles. The predicted octanol–water partition coefficient (Wildman–Crippen LogP) is 6.31. The number of carbonyl (C=O) groups is 1. The second-order valence-corrected chi connectivity index (χ2v) is 9.35. The van der Waals surface area contributed by atoms with E-state index < -0.39 is 0 Å². The first-order chi connectivity index (χ1) is 13.6. The van der Waals surface area contributed by atoms with Crippen LogP contribution in [-0.2, 0) is 4.79 Å². The van der Waals surface area contributed by atoms with Gasteiger partial charge in [-0.05, 0) is 43.9 Å². The summed E-state index contributed by atoms with van der Waals surface area (Å²) in [5, 5.41) is 4.74. The highest BCUT2D eigenvalue weighted by molar-refractivity contribution is 8.14. The predicted molar refractivity (Wildman–Crippen MR) is 129 cm³/mol. The maximum absolute atomic E-state index is 12.7. The Labute approximate surface area is 190 Å². The molecule has 2 aliphatic rings. The number of nitrogens with zero attached hydrogens (tertiary/aromatic N) is 2. The van der Waals surface area contributed by atoms with Gasteiger partial charge in [-0.15, -0.1) is 12.4 Å². The Morgan fingerprint density at radius 2 is 2.07 bits per heavy atom. The van der Waals surface area contributed by atoms with Crippen molar-refractivity contribution in [2.45, 2.75) is 77.3 Å². The molecule has 4 nitrogen and oxygen atoms in total. The molecule has 1 N–H and O–H groups in total. The van der Waals surface area contributed by atoms with E-state index >= 15 is 0 Å². The van der Waals surface area contributed by atoms with E-state index in [-0.39, 0.29) is 24.4 Å². The van der Waals surface area contributed by atoms with Crippen molar-refractivity contribution in [3.63, 3.8) is 0 Å². The summed E-state index contributed by atoms with van der Waals surface area (Å²) in [6.07, 6.45) is 9.12. The topological polar surface area (TPSA) is 44.7 Å². The highest BCUT2D eigenvalue weighted by Gasteiger charge is 2.32. The zero-order valence-corrected chi connectivity index (χ0v) is 19.8. The van der Waals surface area contributed by atoms with Gasteiger partial charge in [0.2, 0.25) is 5.91 Å². The molecule has 1 amide bonds. The summed E-state index contributed by atoms with van der Waals surface area (Å²) in [7, 11) is 0. The lowest BCUT2D eigenvalue weighted by Gasteiger charge is -2.27. The number of carbonyl (C=O) groups excluding carboxylic acids is 1. The van der Waals surface area contributed by atoms with Crippen molar-refractivity contribution in [1.82, 2.24) is 4.90 Å². The molecule has 0 aromatic heterocycles. The molecule has 1 aliphatic heterocycles. The lowest BCUT2D eigenvalue weighted by molar-refractivity contribution is -0.116. The minimum absolute atomic E-state index is 0. The van der Waals surface area contributed by atoms with Crippen LogP contribution in [-0.4, -0.2) is 40.4 Å². The summed E-state index contributed by atoms with van der Waals surface area (Å²) in [4.78, 5) is 20.2. The number of hydrogen-bond donors (Lipinski definition) is 1. The number of halogens is 2. The van der Waals surface area contributed by atoms with Crippen LogP contribution in [0.5, 0.6) is 0 Å². The third-order valence-corrected chi connectivity index (χ3v) is 6.99. The minimum atomic E-state index is 0. The average molecular weight is 458 g/mol. The fraction of sp³-hybridized carbons (Fsp3) is 0.636. The summed E-state index contributed by atoms with van der Waals surface area (Å²) in [6.45, 7) is 5.19. The molecule has 0 radical (unpaired) electrons. The van der Waals surface area contributed by atoms with Gasteiger partial charge in [0.25, 0.3) is 0 Å². The van der Waals surface area contributed by atoms with Gasteiger partial charge in [-0.1, -0.05) is 62.0 Å². The van der Waals surface area contributed by atoms with Crippen LogP contribution in [0.15, 0.2) is 23.2 Å². The van der Waals surface area contributed by atoms with E-state index in [2.05, 4.69) is 17.1 Å². The fourth-order valence-electron chi connectivity index (χ4n) is 3.89. The van der Waals surface area contributed by atoms with Crippen molar-refractivity contribution < 1.29 is 4.79 Å². The van der Waals surface area contributed by atoms with Crippen molar-refractivity contribution in [1.29, 1.82) is 0 Å². The molecule has 1 atom stereocenters. The van der Waals surface area contributed by atoms with E-state index in [1.807, 2.05) is 36.9 Å². The van der Waals surface area contributed by atoms with E-state index in [0.717, 1.165) is 35.9 Å². The SMILES string of the molecule is CCCCN1C(=NC2CCCCC2)SCC1CC(=O)Nc1ccc(C)cc1Cl.Cl. The molecule has 0 spiro atoms. The standard InChI is InChI=1S/C22H32ClN3OS.ClH/c1-3-4-12-26-18(15-28-22(26)24-17-8-6-5-7-9-17)14-21(27)25-20-11-10-16(2)13-19(20)23;/h10-11,13,17-18H,3-9,12,14-15H2,1-2H3,(H,25,27);1H. The maximum Gasteiger partial charge on any atom is 0.226 e. The summed E-state index contributed by atoms with van der Waals surface area (Å²) in [5.41, 5.74) is 1.78. The fourth-order valence-corrected chi connectivity index (χ4v) is 5.44. The van der Waals surface area contributed by atoms with Crippen molar-refractivity contribution in [3.05, 3.63) is 28.8 Å². The highest BCUT2D eigenvalue weighted by atomic mass is 35.5. The molecule has 1 saturated heterocycles. The van der Waals surface area contributed by atoms with Gasteiger partial charge in [0, 0.05) is 24.8 Å². The smallest absolute Gasteiger partial charge is 0.226 e. The van der Waals surface area contributed by atoms with Gasteiger partial charge in [-0.3, -0.25) is 9.79 Å². The van der Waals surface area contributed by atoms with E-state index in [1.54, 1.807) is 0 Å². The first-order valence-electron chi connectivity index (χ1n) is 10.6. The second-order valence-electron chi connectivity index (χ2n) is 7.95. The van der Waals surface area contributed by atoms with Gasteiger partial charge < -0.3 is 10.2 Å². The van der Waals surface area contributed by atoms with E-state index in [9.17, 15) is 4.79 Å². The van der Waals surface area contributed by atoms with E-state index in [0.29, 0.717) is 23.2 Å². The Balaban J connectivity index is 0.00000300. The zero-order valence-electron chi connectivity index (χ0n) is 17.5. The molecule has 1 aromatic rings. The molecule has 7 heteroatoms. The first kappa shape index (κ1) is 24.4. The van der Waals surface area contributed by atoms with Crippen LogP contribution >= 0.6 is 35.8 Å². The van der Waals surface area contributed by atoms with Crippen molar-refractivity contribution in [3.8, 4) is 0 Å². The first-order valence-corrected chi connectivity index (χ1v) is 12.0. The molecular weight excluding hydrogens is 425 g/mol. The van der Waals surface area contributed by atoms with Crippen LogP contribution in [0.4, 0.5) is 5.69 Å². The summed E-state index contributed by atoms with van der Waals surface area (Å²) in [5.74, 6) is 0.960. The second kappa shape index (κ2) is 12.1. The zero-order chi connectivity index (χ0) is 19.9. The molecule has 1 heterocycles. The van der Waals surface area contributed by atoms with Crippen LogP contribution in [0.2, 0.25) is 5.02 Å². The van der Waals surface area contributed by atoms with E-state index in [1.165, 1.54) is 32.1 Å². The van der Waals surface area contributed by atoms with Crippen LogP contribution in [0.25, 0.3) is 0 Å². The Morgan fingerprint density at radius 3 is 2.76 bits per heavy atom. The molecule has 162 valence electrons. The Bertz CT molecular complexity index is 707. The number of hydrogen-bond acceptors (Lipinski definition) is 3. The van der Waals surface area contributed by atoms with Gasteiger partial charge in [-0.25, -0.2) is 0 Å². The third kappa shape index (κ3) is 7.08. The lowest BCUT2D eigenvalue weighted by atomic mass is 9.96. The maximum atomic E-state index is 12.7. The molecule has 1 saturated carbocycles. The molecule has 29 heavy (non-hydrogen) atoms. The number of nitrogens with one attached hydrogen (secondary N) is 1. The molecule has 3 rings (SSSR count). The van der Waals surface area contributed by atoms with Crippen molar-refractivity contribution in [2.24, 2.45) is 4.99 Å². The number of aryl methyl sites for hydroxylation is 1. The molecule has 2 fully saturated rings. The largest absolute Gasteiger partial charge is 0.347 e. The van der Waals surface area contributed by atoms with Gasteiger partial charge in [0.15, 0.2) is 5.17 Å². The monoisotopic (exact) mass is 457 g/mol. The Morgan fingerprint density at radius 1 is 1.31 bits per heavy atom. The molecular formula is C22H33Cl2N3OS. The van der Waals surface area contributed by atoms with Gasteiger partial charge >= 0.3 is 0 Å². The third-order valence-electron chi connectivity index (χ3n) is 5.53. The number of unbranched alkanes of at least 4 members (excludes halogenated alkanes) is 1. The summed E-state index contributed by atoms with van der Waals surface area (Å²) >= 11 is 8.10. The van der Waals surface area contributed by atoms with Crippen LogP contribution in [0.3, 0.4) is 0 Å². The van der Waals surface area contributed by atoms with Gasteiger partial charge in [-0.2, -0.15) is 0 Å². The molecule has 1 aromatic carbocycles. The van der Waals surface area contributed by atoms with Gasteiger partial charge in [0.1, 0.15) is 0 Å². The number of aliphatic imine (C=N–C) groups is 1. The number of anilines is 1. The minimum Gasteiger partial charge on any atom is -0.347 e. The average Bonchev–Trinajstić information content (AvgIpc) is 3.04. The quantitative estimate of drug-likeness (QED) is 0.521. The summed E-state index contributed by atoms with van der Waals surface area (Å²) < 4.78 is 0.